The summed E-state index contributed by atoms with van der Waals surface area (Å²) in [4.78, 5) is 8.14. The molecule has 5 heteroatoms. The molecule has 0 unspecified atom stereocenters. The second kappa shape index (κ2) is 5.45. The molecule has 4 nitrogen and oxygen atoms in total. The maximum absolute atomic E-state index is 6.15. The average molecular weight is 278 g/mol. The first kappa shape index (κ1) is 13.6. The molecule has 0 saturated carbocycles. The topological polar surface area (TPSA) is 61.0 Å². The van der Waals surface area contributed by atoms with Crippen molar-refractivity contribution in [3.05, 3.63) is 40.7 Å². The van der Waals surface area contributed by atoms with Gasteiger partial charge in [-0.3, -0.25) is 0 Å². The maximum Gasteiger partial charge on any atom is 0.227 e. The van der Waals surface area contributed by atoms with Crippen LogP contribution in [0, 0.1) is 6.92 Å². The van der Waals surface area contributed by atoms with Gasteiger partial charge in [-0.2, -0.15) is 0 Å². The van der Waals surface area contributed by atoms with Gasteiger partial charge >= 0.3 is 0 Å². The summed E-state index contributed by atoms with van der Waals surface area (Å²) in [7, 11) is 0. The van der Waals surface area contributed by atoms with Gasteiger partial charge in [0.2, 0.25) is 5.88 Å². The highest BCUT2D eigenvalue weighted by molar-refractivity contribution is 6.32. The zero-order chi connectivity index (χ0) is 14.0. The van der Waals surface area contributed by atoms with Crippen LogP contribution >= 0.6 is 11.6 Å². The second-order valence-corrected chi connectivity index (χ2v) is 5.08. The predicted octanol–water partition coefficient (Wildman–Crippen LogP) is 3.94. The normalized spacial score (nSPS) is 10.8. The van der Waals surface area contributed by atoms with E-state index in [0.717, 1.165) is 11.1 Å². The molecule has 0 bridgehead atoms. The van der Waals surface area contributed by atoms with Crippen LogP contribution in [0.25, 0.3) is 0 Å². The molecule has 19 heavy (non-hydrogen) atoms. The molecule has 2 rings (SSSR count). The van der Waals surface area contributed by atoms with E-state index in [1.165, 1.54) is 6.33 Å². The van der Waals surface area contributed by atoms with Gasteiger partial charge < -0.3 is 10.5 Å². The van der Waals surface area contributed by atoms with Crippen molar-refractivity contribution in [3.63, 3.8) is 0 Å². The Morgan fingerprint density at radius 3 is 2.63 bits per heavy atom. The van der Waals surface area contributed by atoms with Crippen molar-refractivity contribution in [2.24, 2.45) is 0 Å². The molecular weight excluding hydrogens is 262 g/mol. The zero-order valence-corrected chi connectivity index (χ0v) is 11.9. The third kappa shape index (κ3) is 2.96. The Hall–Kier alpha value is -1.81. The number of hydrogen-bond acceptors (Lipinski definition) is 4. The van der Waals surface area contributed by atoms with Crippen molar-refractivity contribution in [2.75, 3.05) is 5.73 Å². The monoisotopic (exact) mass is 277 g/mol. The third-order valence-corrected chi connectivity index (χ3v) is 3.04. The predicted molar refractivity (Wildman–Crippen MR) is 76.8 cm³/mol. The molecule has 1 aromatic carbocycles. The summed E-state index contributed by atoms with van der Waals surface area (Å²) < 4.78 is 5.77. The zero-order valence-electron chi connectivity index (χ0n) is 11.1. The Labute approximate surface area is 117 Å². The molecular formula is C14H16ClN3O. The SMILES string of the molecule is Cc1ccc(Oc2ncnc(N)c2C(C)C)c(Cl)c1. The number of aryl methyl sites for hydroxylation is 1. The summed E-state index contributed by atoms with van der Waals surface area (Å²) in [5.74, 6) is 1.61. The molecule has 2 N–H and O–H groups in total. The minimum atomic E-state index is 0.167. The van der Waals surface area contributed by atoms with E-state index >= 15 is 0 Å². The van der Waals surface area contributed by atoms with E-state index in [9.17, 15) is 0 Å². The minimum Gasteiger partial charge on any atom is -0.437 e. The van der Waals surface area contributed by atoms with E-state index in [2.05, 4.69) is 9.97 Å². The van der Waals surface area contributed by atoms with Gasteiger partial charge in [-0.15, -0.1) is 0 Å². The highest BCUT2D eigenvalue weighted by Crippen LogP contribution is 2.34. The van der Waals surface area contributed by atoms with Crippen LogP contribution in [-0.2, 0) is 0 Å². The standard InChI is InChI=1S/C14H16ClN3O/c1-8(2)12-13(16)17-7-18-14(12)19-11-5-4-9(3)6-10(11)15/h4-8H,1-3H3,(H2,16,17,18). The van der Waals surface area contributed by atoms with Crippen LogP contribution in [0.5, 0.6) is 11.6 Å². The Balaban J connectivity index is 2.41. The smallest absolute Gasteiger partial charge is 0.227 e. The Kier molecular flexibility index (Phi) is 3.90. The Morgan fingerprint density at radius 2 is 2.00 bits per heavy atom. The highest BCUT2D eigenvalue weighted by atomic mass is 35.5. The van der Waals surface area contributed by atoms with Gasteiger partial charge in [0, 0.05) is 0 Å². The lowest BCUT2D eigenvalue weighted by atomic mass is 10.1. The van der Waals surface area contributed by atoms with E-state index in [4.69, 9.17) is 22.1 Å². The summed E-state index contributed by atoms with van der Waals surface area (Å²) in [6, 6.07) is 5.59. The summed E-state index contributed by atoms with van der Waals surface area (Å²) in [6.45, 7) is 6.00. The Morgan fingerprint density at radius 1 is 1.26 bits per heavy atom. The van der Waals surface area contributed by atoms with Gasteiger partial charge in [0.25, 0.3) is 0 Å². The molecule has 0 fully saturated rings. The molecule has 2 aromatic rings. The van der Waals surface area contributed by atoms with Crippen molar-refractivity contribution in [2.45, 2.75) is 26.7 Å². The Bertz CT molecular complexity index is 599. The summed E-state index contributed by atoms with van der Waals surface area (Å²) in [5.41, 5.74) is 7.74. The third-order valence-electron chi connectivity index (χ3n) is 2.75. The van der Waals surface area contributed by atoms with E-state index in [1.807, 2.05) is 39.0 Å². The van der Waals surface area contributed by atoms with Gasteiger partial charge in [-0.1, -0.05) is 31.5 Å². The molecule has 100 valence electrons. The number of nitrogen functional groups attached to an aromatic ring is 1. The molecule has 0 aliphatic carbocycles. The van der Waals surface area contributed by atoms with Gasteiger partial charge in [-0.25, -0.2) is 9.97 Å². The quantitative estimate of drug-likeness (QED) is 0.923. The van der Waals surface area contributed by atoms with Crippen molar-refractivity contribution in [1.82, 2.24) is 9.97 Å². The molecule has 0 saturated heterocycles. The van der Waals surface area contributed by atoms with E-state index < -0.39 is 0 Å². The number of nitrogens with zero attached hydrogens (tertiary/aromatic N) is 2. The van der Waals surface area contributed by atoms with Crippen LogP contribution < -0.4 is 10.5 Å². The summed E-state index contributed by atoms with van der Waals surface area (Å²) >= 11 is 6.15. The number of ether oxygens (including phenoxy) is 1. The summed E-state index contributed by atoms with van der Waals surface area (Å²) in [6.07, 6.45) is 1.39. The van der Waals surface area contributed by atoms with Gasteiger partial charge in [-0.05, 0) is 30.5 Å². The van der Waals surface area contributed by atoms with Crippen LogP contribution in [0.4, 0.5) is 5.82 Å². The minimum absolute atomic E-state index is 0.167. The van der Waals surface area contributed by atoms with Crippen LogP contribution in [0.2, 0.25) is 5.02 Å². The van der Waals surface area contributed by atoms with Crippen molar-refractivity contribution >= 4 is 17.4 Å². The number of benzene rings is 1. The van der Waals surface area contributed by atoms with E-state index in [1.54, 1.807) is 0 Å². The van der Waals surface area contributed by atoms with Crippen LogP contribution in [0.1, 0.15) is 30.9 Å². The molecule has 0 radical (unpaired) electrons. The lowest BCUT2D eigenvalue weighted by Crippen LogP contribution is -2.04. The van der Waals surface area contributed by atoms with Crippen molar-refractivity contribution < 1.29 is 4.74 Å². The first-order chi connectivity index (χ1) is 8.99. The first-order valence-corrected chi connectivity index (χ1v) is 6.41. The number of aromatic nitrogens is 2. The average Bonchev–Trinajstić information content (AvgIpc) is 2.32. The van der Waals surface area contributed by atoms with Crippen LogP contribution in [0.15, 0.2) is 24.5 Å². The number of hydrogen-bond donors (Lipinski definition) is 1. The van der Waals surface area contributed by atoms with Crippen LogP contribution in [-0.4, -0.2) is 9.97 Å². The van der Waals surface area contributed by atoms with Gasteiger partial charge in [0.05, 0.1) is 10.6 Å². The fourth-order valence-electron chi connectivity index (χ4n) is 1.81. The lowest BCUT2D eigenvalue weighted by molar-refractivity contribution is 0.452. The molecule has 0 atom stereocenters. The number of anilines is 1. The summed E-state index contributed by atoms with van der Waals surface area (Å²) in [5, 5.41) is 0.548. The molecule has 0 aliphatic rings. The molecule has 0 amide bonds. The molecule has 1 aromatic heterocycles. The van der Waals surface area contributed by atoms with Crippen LogP contribution in [0.3, 0.4) is 0 Å². The fraction of sp³-hybridized carbons (Fsp3) is 0.286. The van der Waals surface area contributed by atoms with E-state index in [0.29, 0.717) is 22.5 Å². The van der Waals surface area contributed by atoms with Crippen molar-refractivity contribution in [1.29, 1.82) is 0 Å². The van der Waals surface area contributed by atoms with Gasteiger partial charge in [0.1, 0.15) is 17.9 Å². The largest absolute Gasteiger partial charge is 0.437 e. The molecule has 0 spiro atoms. The molecule has 1 heterocycles. The first-order valence-electron chi connectivity index (χ1n) is 6.03. The second-order valence-electron chi connectivity index (χ2n) is 4.67. The highest BCUT2D eigenvalue weighted by Gasteiger charge is 2.15. The fourth-order valence-corrected chi connectivity index (χ4v) is 2.08. The van der Waals surface area contributed by atoms with E-state index in [-0.39, 0.29) is 5.92 Å². The van der Waals surface area contributed by atoms with Gasteiger partial charge in [0.15, 0.2) is 0 Å². The molecule has 0 aliphatic heterocycles. The lowest BCUT2D eigenvalue weighted by Gasteiger charge is -2.14. The number of halogens is 1. The van der Waals surface area contributed by atoms with Crippen molar-refractivity contribution in [3.8, 4) is 11.6 Å². The number of nitrogens with two attached hydrogens (primary N) is 1. The maximum atomic E-state index is 6.15. The number of rotatable bonds is 3.